The Kier molecular flexibility index (Phi) is 5.09. The van der Waals surface area contributed by atoms with E-state index < -0.39 is 6.17 Å². The Hall–Kier alpha value is -1.11. The summed E-state index contributed by atoms with van der Waals surface area (Å²) in [6.45, 7) is 1.41. The van der Waals surface area contributed by atoms with Crippen LogP contribution >= 0.6 is 0 Å². The van der Waals surface area contributed by atoms with Crippen LogP contribution in [0.25, 0.3) is 0 Å². The van der Waals surface area contributed by atoms with E-state index in [0.717, 1.165) is 12.8 Å². The maximum atomic E-state index is 13.4. The Morgan fingerprint density at radius 2 is 2.07 bits per heavy atom. The first-order chi connectivity index (χ1) is 7.25. The molecule has 0 spiro atoms. The van der Waals surface area contributed by atoms with Crippen molar-refractivity contribution in [2.45, 2.75) is 44.7 Å². The molecule has 1 saturated heterocycles. The zero-order chi connectivity index (χ0) is 11.1. The number of hydrogen-bond donors (Lipinski definition) is 0. The van der Waals surface area contributed by atoms with E-state index in [1.165, 1.54) is 0 Å². The maximum Gasteiger partial charge on any atom is 0.257 e. The largest absolute Gasteiger partial charge is 0.340 e. The molecule has 84 valence electrons. The molecule has 1 atom stereocenters. The van der Waals surface area contributed by atoms with Crippen LogP contribution in [-0.2, 0) is 4.79 Å². The molecule has 0 aliphatic carbocycles. The lowest BCUT2D eigenvalue weighted by Crippen LogP contribution is -2.34. The molecular weight excluding hydrogens is 195 g/mol. The Labute approximate surface area is 89.9 Å². The Bertz CT molecular complexity index is 243. The lowest BCUT2D eigenvalue weighted by Gasteiger charge is -2.17. The molecule has 1 unspecified atom stereocenters. The van der Waals surface area contributed by atoms with Crippen LogP contribution in [-0.4, -0.2) is 30.1 Å². The topological polar surface area (TPSA) is 44.1 Å². The van der Waals surface area contributed by atoms with Crippen LogP contribution in [0, 0.1) is 11.3 Å². The van der Waals surface area contributed by atoms with Gasteiger partial charge in [0.2, 0.25) is 0 Å². The number of carbonyl (C=O) groups is 1. The molecule has 1 rings (SSSR count). The van der Waals surface area contributed by atoms with E-state index in [-0.39, 0.29) is 12.3 Å². The van der Waals surface area contributed by atoms with Gasteiger partial charge in [0.1, 0.15) is 0 Å². The molecule has 0 radical (unpaired) electrons. The summed E-state index contributed by atoms with van der Waals surface area (Å²) < 4.78 is 13.4. The fraction of sp³-hybridized carbons (Fsp3) is 0.818. The summed E-state index contributed by atoms with van der Waals surface area (Å²) in [5.74, 6) is -0.357. The Morgan fingerprint density at radius 1 is 1.40 bits per heavy atom. The number of nitrogens with zero attached hydrogens (tertiary/aromatic N) is 2. The molecule has 3 nitrogen and oxygen atoms in total. The minimum absolute atomic E-state index is 0.261. The highest BCUT2D eigenvalue weighted by Crippen LogP contribution is 2.14. The van der Waals surface area contributed by atoms with Gasteiger partial charge in [0.15, 0.2) is 6.17 Å². The van der Waals surface area contributed by atoms with Gasteiger partial charge in [0, 0.05) is 19.5 Å². The summed E-state index contributed by atoms with van der Waals surface area (Å²) in [5.41, 5.74) is 0. The van der Waals surface area contributed by atoms with Crippen molar-refractivity contribution in [2.24, 2.45) is 0 Å². The second kappa shape index (κ2) is 6.39. The van der Waals surface area contributed by atoms with Crippen LogP contribution in [0.3, 0.4) is 0 Å². The number of alkyl halides is 1. The van der Waals surface area contributed by atoms with Crippen molar-refractivity contribution in [3.05, 3.63) is 0 Å². The number of carbonyl (C=O) groups excluding carboxylic acids is 1. The molecule has 0 N–H and O–H groups in total. The lowest BCUT2D eigenvalue weighted by atomic mass is 10.1. The first kappa shape index (κ1) is 12.0. The summed E-state index contributed by atoms with van der Waals surface area (Å²) in [6, 6.07) is 2.01. The second-order valence-electron chi connectivity index (χ2n) is 3.90. The minimum atomic E-state index is -1.36. The van der Waals surface area contributed by atoms with E-state index in [2.05, 4.69) is 0 Å². The number of halogens is 1. The van der Waals surface area contributed by atoms with Crippen LogP contribution in [0.15, 0.2) is 0 Å². The smallest absolute Gasteiger partial charge is 0.257 e. The number of likely N-dealkylation sites (tertiary alicyclic amines) is 1. The molecule has 4 heteroatoms. The third-order valence-corrected chi connectivity index (χ3v) is 2.68. The highest BCUT2D eigenvalue weighted by Gasteiger charge is 2.25. The van der Waals surface area contributed by atoms with E-state index in [1.54, 1.807) is 4.90 Å². The zero-order valence-corrected chi connectivity index (χ0v) is 8.91. The minimum Gasteiger partial charge on any atom is -0.340 e. The molecule has 1 aliphatic rings. The molecule has 15 heavy (non-hydrogen) atoms. The van der Waals surface area contributed by atoms with Crippen LogP contribution in [0.4, 0.5) is 4.39 Å². The van der Waals surface area contributed by atoms with Gasteiger partial charge in [0.25, 0.3) is 5.91 Å². The maximum absolute atomic E-state index is 13.4. The van der Waals surface area contributed by atoms with Crippen molar-refractivity contribution < 1.29 is 9.18 Å². The molecule has 1 aliphatic heterocycles. The molecule has 0 aromatic carbocycles. The first-order valence-corrected chi connectivity index (χ1v) is 5.55. The lowest BCUT2D eigenvalue weighted by molar-refractivity contribution is -0.135. The van der Waals surface area contributed by atoms with Gasteiger partial charge < -0.3 is 4.90 Å². The molecule has 1 amide bonds. The van der Waals surface area contributed by atoms with Crippen molar-refractivity contribution in [1.82, 2.24) is 4.90 Å². The van der Waals surface area contributed by atoms with Gasteiger partial charge in [-0.3, -0.25) is 4.79 Å². The van der Waals surface area contributed by atoms with Gasteiger partial charge in [-0.15, -0.1) is 0 Å². The van der Waals surface area contributed by atoms with E-state index in [4.69, 9.17) is 5.26 Å². The van der Waals surface area contributed by atoms with Gasteiger partial charge >= 0.3 is 0 Å². The number of rotatable bonds is 5. The number of nitriles is 1. The Morgan fingerprint density at radius 3 is 2.67 bits per heavy atom. The van der Waals surface area contributed by atoms with Crippen molar-refractivity contribution in [1.29, 1.82) is 5.26 Å². The standard InChI is InChI=1S/C11H17FN2O/c12-10(6-2-1-3-7-13)11(15)14-8-4-5-9-14/h10H,1-6,8-9H2. The zero-order valence-electron chi connectivity index (χ0n) is 8.91. The molecule has 0 bridgehead atoms. The fourth-order valence-corrected chi connectivity index (χ4v) is 1.79. The van der Waals surface area contributed by atoms with Crippen molar-refractivity contribution in [2.75, 3.05) is 13.1 Å². The predicted octanol–water partition coefficient (Wildman–Crippen LogP) is 2.03. The monoisotopic (exact) mass is 212 g/mol. The fourth-order valence-electron chi connectivity index (χ4n) is 1.79. The quantitative estimate of drug-likeness (QED) is 0.654. The van der Waals surface area contributed by atoms with E-state index in [1.807, 2.05) is 6.07 Å². The van der Waals surface area contributed by atoms with Crippen LogP contribution < -0.4 is 0 Å². The summed E-state index contributed by atoms with van der Waals surface area (Å²) >= 11 is 0. The van der Waals surface area contributed by atoms with Gasteiger partial charge in [-0.2, -0.15) is 5.26 Å². The van der Waals surface area contributed by atoms with Gasteiger partial charge in [0.05, 0.1) is 6.07 Å². The van der Waals surface area contributed by atoms with Crippen molar-refractivity contribution in [3.8, 4) is 6.07 Å². The molecule has 1 heterocycles. The van der Waals surface area contributed by atoms with Crippen LogP contribution in [0.1, 0.15) is 38.5 Å². The highest BCUT2D eigenvalue weighted by atomic mass is 19.1. The number of hydrogen-bond acceptors (Lipinski definition) is 2. The third kappa shape index (κ3) is 3.86. The summed E-state index contributed by atoms with van der Waals surface area (Å²) in [5, 5.41) is 8.29. The van der Waals surface area contributed by atoms with E-state index in [0.29, 0.717) is 32.4 Å². The molecule has 1 fully saturated rings. The average Bonchev–Trinajstić information content (AvgIpc) is 2.76. The summed E-state index contributed by atoms with van der Waals surface area (Å²) in [7, 11) is 0. The molecule has 0 aromatic rings. The van der Waals surface area contributed by atoms with Crippen molar-refractivity contribution >= 4 is 5.91 Å². The highest BCUT2D eigenvalue weighted by molar-refractivity contribution is 5.80. The average molecular weight is 212 g/mol. The van der Waals surface area contributed by atoms with Crippen LogP contribution in [0.5, 0.6) is 0 Å². The summed E-state index contributed by atoms with van der Waals surface area (Å²) in [6.07, 6.45) is 2.64. The van der Waals surface area contributed by atoms with Gasteiger partial charge in [-0.05, 0) is 32.1 Å². The Balaban J connectivity index is 2.18. The predicted molar refractivity (Wildman–Crippen MR) is 54.8 cm³/mol. The molecule has 0 saturated carbocycles. The third-order valence-electron chi connectivity index (χ3n) is 2.68. The second-order valence-corrected chi connectivity index (χ2v) is 3.90. The van der Waals surface area contributed by atoms with Gasteiger partial charge in [-0.1, -0.05) is 0 Å². The normalized spacial score (nSPS) is 17.5. The SMILES string of the molecule is N#CCCCCC(F)C(=O)N1CCCC1. The first-order valence-electron chi connectivity index (χ1n) is 5.55. The van der Waals surface area contributed by atoms with Crippen LogP contribution in [0.2, 0.25) is 0 Å². The molecular formula is C11H17FN2O. The van der Waals surface area contributed by atoms with E-state index >= 15 is 0 Å². The van der Waals surface area contributed by atoms with E-state index in [9.17, 15) is 9.18 Å². The molecule has 0 aromatic heterocycles. The van der Waals surface area contributed by atoms with Crippen molar-refractivity contribution in [3.63, 3.8) is 0 Å². The number of amides is 1. The summed E-state index contributed by atoms with van der Waals surface area (Å²) in [4.78, 5) is 13.1. The van der Waals surface area contributed by atoms with Gasteiger partial charge in [-0.25, -0.2) is 4.39 Å². The number of unbranched alkanes of at least 4 members (excludes halogenated alkanes) is 2.